The van der Waals surface area contributed by atoms with E-state index < -0.39 is 0 Å². The molecular weight excluding hydrogens is 294 g/mol. The Kier molecular flexibility index (Phi) is 4.21. The van der Waals surface area contributed by atoms with Gasteiger partial charge in [-0.25, -0.2) is 0 Å². The molecule has 1 aliphatic heterocycles. The largest absolute Gasteiger partial charge is 0.504 e. The summed E-state index contributed by atoms with van der Waals surface area (Å²) in [4.78, 5) is 2.59. The van der Waals surface area contributed by atoms with E-state index in [-0.39, 0.29) is 11.5 Å². The highest BCUT2D eigenvalue weighted by molar-refractivity contribution is 7.99. The van der Waals surface area contributed by atoms with Gasteiger partial charge in [-0.2, -0.15) is 0 Å². The summed E-state index contributed by atoms with van der Waals surface area (Å²) in [5.74, 6) is -0.153. The van der Waals surface area contributed by atoms with Crippen molar-refractivity contribution in [3.63, 3.8) is 0 Å². The Balaban J connectivity index is 0.000000154. The molecule has 0 radical (unpaired) electrons. The van der Waals surface area contributed by atoms with Crippen LogP contribution in [0.25, 0.3) is 0 Å². The lowest BCUT2D eigenvalue weighted by molar-refractivity contribution is 0.404. The minimum Gasteiger partial charge on any atom is -0.504 e. The molecule has 110 valence electrons. The molecule has 0 bridgehead atoms. The van der Waals surface area contributed by atoms with Crippen LogP contribution in [-0.4, -0.2) is 10.2 Å². The van der Waals surface area contributed by atoms with E-state index in [0.29, 0.717) is 0 Å². The molecule has 0 unspecified atom stereocenters. The first kappa shape index (κ1) is 14.4. The zero-order valence-corrected chi connectivity index (χ0v) is 12.5. The fourth-order valence-electron chi connectivity index (χ4n) is 2.05. The van der Waals surface area contributed by atoms with Gasteiger partial charge in [-0.1, -0.05) is 48.2 Å². The van der Waals surface area contributed by atoms with E-state index in [1.807, 2.05) is 11.8 Å². The van der Waals surface area contributed by atoms with Crippen LogP contribution in [0, 0.1) is 0 Å². The van der Waals surface area contributed by atoms with Gasteiger partial charge < -0.3 is 15.5 Å². The average Bonchev–Trinajstić information content (AvgIpc) is 2.56. The number of aromatic hydroxyl groups is 2. The highest BCUT2D eigenvalue weighted by Gasteiger charge is 2.13. The lowest BCUT2D eigenvalue weighted by atomic mass is 10.2. The van der Waals surface area contributed by atoms with Crippen molar-refractivity contribution in [2.45, 2.75) is 9.79 Å². The van der Waals surface area contributed by atoms with Gasteiger partial charge in [0.15, 0.2) is 11.5 Å². The molecule has 0 spiro atoms. The van der Waals surface area contributed by atoms with Crippen LogP contribution in [0.3, 0.4) is 0 Å². The summed E-state index contributed by atoms with van der Waals surface area (Å²) in [6, 6.07) is 22.9. The first-order valence-corrected chi connectivity index (χ1v) is 7.65. The quantitative estimate of drug-likeness (QED) is 0.400. The molecule has 3 N–H and O–H groups in total. The Morgan fingerprint density at radius 2 is 1.00 bits per heavy atom. The molecule has 1 heterocycles. The van der Waals surface area contributed by atoms with Crippen molar-refractivity contribution in [3.8, 4) is 11.5 Å². The van der Waals surface area contributed by atoms with Crippen LogP contribution in [0.4, 0.5) is 11.4 Å². The normalized spacial score (nSPS) is 11.3. The number of nitrogens with one attached hydrogen (secondary N) is 1. The monoisotopic (exact) mass is 309 g/mol. The molecule has 0 amide bonds. The van der Waals surface area contributed by atoms with E-state index in [1.54, 1.807) is 12.1 Å². The average molecular weight is 309 g/mol. The fraction of sp³-hybridized carbons (Fsp3) is 0. The molecule has 0 saturated carbocycles. The predicted octanol–water partition coefficient (Wildman–Crippen LogP) is 4.99. The molecule has 0 aromatic heterocycles. The van der Waals surface area contributed by atoms with Crippen molar-refractivity contribution in [2.75, 3.05) is 5.32 Å². The van der Waals surface area contributed by atoms with Crippen LogP contribution in [-0.2, 0) is 0 Å². The van der Waals surface area contributed by atoms with Crippen LogP contribution in [0.2, 0.25) is 0 Å². The molecule has 1 aliphatic rings. The van der Waals surface area contributed by atoms with Gasteiger partial charge in [-0.3, -0.25) is 0 Å². The number of phenols is 2. The van der Waals surface area contributed by atoms with Gasteiger partial charge in [0.2, 0.25) is 0 Å². The molecular formula is C18H15NO2S. The van der Waals surface area contributed by atoms with Crippen molar-refractivity contribution in [1.82, 2.24) is 0 Å². The number of fused-ring (bicyclic) bond motifs is 2. The second-order valence-electron chi connectivity index (χ2n) is 4.71. The SMILES string of the molecule is Oc1ccccc1O.c1ccc2c(c1)Nc1ccccc1S2. The van der Waals surface area contributed by atoms with E-state index in [9.17, 15) is 0 Å². The summed E-state index contributed by atoms with van der Waals surface area (Å²) in [6.07, 6.45) is 0. The molecule has 3 nitrogen and oxygen atoms in total. The summed E-state index contributed by atoms with van der Waals surface area (Å²) >= 11 is 1.82. The molecule has 22 heavy (non-hydrogen) atoms. The highest BCUT2D eigenvalue weighted by Crippen LogP contribution is 2.43. The molecule has 0 aliphatic carbocycles. The number of phenolic OH excluding ortho intramolecular Hbond substituents is 2. The third-order valence-electron chi connectivity index (χ3n) is 3.15. The van der Waals surface area contributed by atoms with E-state index in [4.69, 9.17) is 10.2 Å². The minimum atomic E-state index is -0.0764. The first-order valence-electron chi connectivity index (χ1n) is 6.84. The maximum atomic E-state index is 8.67. The number of anilines is 2. The number of hydrogen-bond donors (Lipinski definition) is 3. The zero-order chi connectivity index (χ0) is 15.4. The lowest BCUT2D eigenvalue weighted by Crippen LogP contribution is -1.98. The van der Waals surface area contributed by atoms with E-state index in [2.05, 4.69) is 53.8 Å². The van der Waals surface area contributed by atoms with Crippen LogP contribution in [0.1, 0.15) is 0 Å². The number of benzene rings is 3. The second-order valence-corrected chi connectivity index (χ2v) is 5.79. The molecule has 0 saturated heterocycles. The van der Waals surface area contributed by atoms with Crippen molar-refractivity contribution >= 4 is 23.1 Å². The lowest BCUT2D eigenvalue weighted by Gasteiger charge is -2.19. The van der Waals surface area contributed by atoms with Crippen LogP contribution < -0.4 is 5.32 Å². The summed E-state index contributed by atoms with van der Waals surface area (Å²) in [7, 11) is 0. The Morgan fingerprint density at radius 1 is 0.591 bits per heavy atom. The standard InChI is InChI=1S/C12H9NS.C6H6O2/c1-3-7-11-9(5-1)13-10-6-2-4-8-12(10)14-11;7-5-3-1-2-4-6(5)8/h1-8,13H;1-4,7-8H. The maximum Gasteiger partial charge on any atom is 0.157 e. The molecule has 0 fully saturated rings. The van der Waals surface area contributed by atoms with Crippen molar-refractivity contribution in [1.29, 1.82) is 0 Å². The third kappa shape index (κ3) is 3.18. The number of rotatable bonds is 0. The van der Waals surface area contributed by atoms with Crippen molar-refractivity contribution < 1.29 is 10.2 Å². The predicted molar refractivity (Wildman–Crippen MR) is 90.1 cm³/mol. The molecule has 4 heteroatoms. The third-order valence-corrected chi connectivity index (χ3v) is 4.30. The van der Waals surface area contributed by atoms with Gasteiger partial charge in [0.05, 0.1) is 11.4 Å². The maximum absolute atomic E-state index is 8.67. The van der Waals surface area contributed by atoms with Crippen molar-refractivity contribution in [2.24, 2.45) is 0 Å². The van der Waals surface area contributed by atoms with Gasteiger partial charge >= 0.3 is 0 Å². The first-order chi connectivity index (χ1) is 10.7. The van der Waals surface area contributed by atoms with E-state index >= 15 is 0 Å². The fourth-order valence-corrected chi connectivity index (χ4v) is 3.03. The summed E-state index contributed by atoms with van der Waals surface area (Å²) in [5.41, 5.74) is 2.41. The van der Waals surface area contributed by atoms with Gasteiger partial charge in [0.25, 0.3) is 0 Å². The number of hydrogen-bond acceptors (Lipinski definition) is 4. The van der Waals surface area contributed by atoms with Crippen LogP contribution in [0.15, 0.2) is 82.6 Å². The number of para-hydroxylation sites is 4. The molecule has 3 aromatic carbocycles. The van der Waals surface area contributed by atoms with Gasteiger partial charge in [-0.15, -0.1) is 0 Å². The van der Waals surface area contributed by atoms with Gasteiger partial charge in [-0.05, 0) is 36.4 Å². The Hall–Kier alpha value is -2.59. The van der Waals surface area contributed by atoms with E-state index in [0.717, 1.165) is 0 Å². The Labute approximate surface area is 133 Å². The smallest absolute Gasteiger partial charge is 0.157 e. The topological polar surface area (TPSA) is 52.5 Å². The molecule has 3 aromatic rings. The van der Waals surface area contributed by atoms with Crippen LogP contribution >= 0.6 is 11.8 Å². The van der Waals surface area contributed by atoms with Crippen LogP contribution in [0.5, 0.6) is 11.5 Å². The Morgan fingerprint density at radius 3 is 1.45 bits per heavy atom. The summed E-state index contributed by atoms with van der Waals surface area (Å²) in [6.45, 7) is 0. The minimum absolute atomic E-state index is 0.0764. The molecule has 4 rings (SSSR count). The zero-order valence-electron chi connectivity index (χ0n) is 11.7. The van der Waals surface area contributed by atoms with E-state index in [1.165, 1.54) is 33.3 Å². The summed E-state index contributed by atoms with van der Waals surface area (Å²) in [5, 5.41) is 20.8. The summed E-state index contributed by atoms with van der Waals surface area (Å²) < 4.78 is 0. The molecule has 0 atom stereocenters. The second kappa shape index (κ2) is 6.45. The highest BCUT2D eigenvalue weighted by atomic mass is 32.2. The Bertz CT molecular complexity index is 681. The van der Waals surface area contributed by atoms with Gasteiger partial charge in [0, 0.05) is 9.79 Å². The van der Waals surface area contributed by atoms with Gasteiger partial charge in [0.1, 0.15) is 0 Å². The van der Waals surface area contributed by atoms with Crippen molar-refractivity contribution in [3.05, 3.63) is 72.8 Å².